The number of benzene rings is 2. The molecule has 2 aromatic carbocycles. The molecule has 1 unspecified atom stereocenters. The number of hydrogen-bond donors (Lipinski definition) is 2. The van der Waals surface area contributed by atoms with E-state index in [1.165, 1.54) is 6.07 Å². The van der Waals surface area contributed by atoms with Gasteiger partial charge in [-0.2, -0.15) is 13.2 Å². The number of hydrogen-bond acceptors (Lipinski definition) is 5. The molecule has 0 radical (unpaired) electrons. The van der Waals surface area contributed by atoms with Crippen molar-refractivity contribution in [2.75, 3.05) is 13.2 Å². The van der Waals surface area contributed by atoms with E-state index in [1.54, 1.807) is 49.4 Å². The molecule has 1 fully saturated rings. The monoisotopic (exact) mass is 496 g/mol. The van der Waals surface area contributed by atoms with Crippen LogP contribution in [0.25, 0.3) is 11.3 Å². The van der Waals surface area contributed by atoms with Gasteiger partial charge in [0.25, 0.3) is 0 Å². The molecule has 1 amide bonds. The van der Waals surface area contributed by atoms with Gasteiger partial charge in [0.15, 0.2) is 5.01 Å². The fourth-order valence-electron chi connectivity index (χ4n) is 3.47. The Morgan fingerprint density at radius 3 is 2.55 bits per heavy atom. The fourth-order valence-corrected chi connectivity index (χ4v) is 4.55. The molecule has 1 aliphatic rings. The Balaban J connectivity index is 1.50. The second-order valence-electron chi connectivity index (χ2n) is 7.88. The molecule has 2 N–H and O–H groups in total. The van der Waals surface area contributed by atoms with E-state index in [1.807, 2.05) is 0 Å². The summed E-state index contributed by atoms with van der Waals surface area (Å²) in [4.78, 5) is 16.8. The average molecular weight is 497 g/mol. The van der Waals surface area contributed by atoms with Crippen LogP contribution >= 0.6 is 22.9 Å². The molecule has 4 rings (SSSR count). The first kappa shape index (κ1) is 23.7. The SMILES string of the molecule is CC(C(=O)NCc1sc(C(F)(F)F)nc1-c1cccc(Cl)c1)c1ccc(C2(O)COC2)cc1. The maximum atomic E-state index is 13.3. The summed E-state index contributed by atoms with van der Waals surface area (Å²) in [6.45, 7) is 2.06. The van der Waals surface area contributed by atoms with Crippen LogP contribution in [0.2, 0.25) is 5.02 Å². The Hall–Kier alpha value is -2.46. The lowest BCUT2D eigenvalue weighted by atomic mass is 9.89. The van der Waals surface area contributed by atoms with E-state index in [0.29, 0.717) is 27.5 Å². The smallest absolute Gasteiger partial charge is 0.380 e. The molecule has 5 nitrogen and oxygen atoms in total. The lowest BCUT2D eigenvalue weighted by Crippen LogP contribution is -2.46. The Morgan fingerprint density at radius 1 is 1.27 bits per heavy atom. The third-order valence-electron chi connectivity index (χ3n) is 5.48. The molecule has 2 heterocycles. The van der Waals surface area contributed by atoms with E-state index < -0.39 is 22.7 Å². The number of aromatic nitrogens is 1. The van der Waals surface area contributed by atoms with Gasteiger partial charge in [-0.1, -0.05) is 48.0 Å². The van der Waals surface area contributed by atoms with Crippen molar-refractivity contribution in [1.82, 2.24) is 10.3 Å². The van der Waals surface area contributed by atoms with Gasteiger partial charge in [-0.25, -0.2) is 4.98 Å². The number of alkyl halides is 3. The summed E-state index contributed by atoms with van der Waals surface area (Å²) in [7, 11) is 0. The van der Waals surface area contributed by atoms with Crippen LogP contribution in [-0.4, -0.2) is 29.2 Å². The van der Waals surface area contributed by atoms with Crippen LogP contribution < -0.4 is 5.32 Å². The van der Waals surface area contributed by atoms with E-state index in [4.69, 9.17) is 16.3 Å². The molecule has 174 valence electrons. The molecular weight excluding hydrogens is 477 g/mol. The molecule has 0 spiro atoms. The molecule has 0 saturated carbocycles. The van der Waals surface area contributed by atoms with Crippen LogP contribution in [0.5, 0.6) is 0 Å². The minimum atomic E-state index is -4.59. The highest BCUT2D eigenvalue weighted by Crippen LogP contribution is 2.38. The van der Waals surface area contributed by atoms with Crippen molar-refractivity contribution in [1.29, 1.82) is 0 Å². The van der Waals surface area contributed by atoms with Crippen molar-refractivity contribution in [3.8, 4) is 11.3 Å². The van der Waals surface area contributed by atoms with E-state index in [2.05, 4.69) is 10.3 Å². The Labute approximate surface area is 197 Å². The number of aliphatic hydroxyl groups is 1. The maximum Gasteiger partial charge on any atom is 0.443 e. The first-order valence-electron chi connectivity index (χ1n) is 10.1. The topological polar surface area (TPSA) is 71.5 Å². The van der Waals surface area contributed by atoms with Gasteiger partial charge in [-0.3, -0.25) is 4.79 Å². The molecule has 33 heavy (non-hydrogen) atoms. The Kier molecular flexibility index (Phi) is 6.50. The summed E-state index contributed by atoms with van der Waals surface area (Å²) in [6.07, 6.45) is -4.59. The molecule has 3 aromatic rings. The van der Waals surface area contributed by atoms with Crippen molar-refractivity contribution in [2.45, 2.75) is 31.2 Å². The molecule has 1 atom stereocenters. The van der Waals surface area contributed by atoms with Crippen molar-refractivity contribution in [3.63, 3.8) is 0 Å². The number of carbonyl (C=O) groups is 1. The number of halogens is 4. The largest absolute Gasteiger partial charge is 0.443 e. The van der Waals surface area contributed by atoms with Gasteiger partial charge in [-0.15, -0.1) is 11.3 Å². The first-order valence-corrected chi connectivity index (χ1v) is 11.3. The molecule has 0 bridgehead atoms. The summed E-state index contributed by atoms with van der Waals surface area (Å²) < 4.78 is 44.9. The van der Waals surface area contributed by atoms with Crippen LogP contribution in [0.15, 0.2) is 48.5 Å². The molecule has 1 aromatic heterocycles. The zero-order chi connectivity index (χ0) is 23.8. The minimum absolute atomic E-state index is 0.103. The first-order chi connectivity index (χ1) is 15.6. The highest BCUT2D eigenvalue weighted by Gasteiger charge is 2.38. The number of thiazole rings is 1. The average Bonchev–Trinajstić information content (AvgIpc) is 3.20. The van der Waals surface area contributed by atoms with E-state index in [-0.39, 0.29) is 36.2 Å². The highest BCUT2D eigenvalue weighted by molar-refractivity contribution is 7.12. The summed E-state index contributed by atoms with van der Waals surface area (Å²) in [6, 6.07) is 13.4. The van der Waals surface area contributed by atoms with Crippen molar-refractivity contribution in [2.24, 2.45) is 0 Å². The van der Waals surface area contributed by atoms with Gasteiger partial charge in [0, 0.05) is 10.6 Å². The van der Waals surface area contributed by atoms with Crippen LogP contribution in [0.1, 0.15) is 33.9 Å². The van der Waals surface area contributed by atoms with Crippen LogP contribution in [0.3, 0.4) is 0 Å². The van der Waals surface area contributed by atoms with Gasteiger partial charge in [0.05, 0.1) is 36.2 Å². The summed E-state index contributed by atoms with van der Waals surface area (Å²) >= 11 is 6.49. The van der Waals surface area contributed by atoms with E-state index >= 15 is 0 Å². The van der Waals surface area contributed by atoms with Gasteiger partial charge < -0.3 is 15.2 Å². The van der Waals surface area contributed by atoms with E-state index in [0.717, 1.165) is 5.56 Å². The molecule has 10 heteroatoms. The lowest BCUT2D eigenvalue weighted by molar-refractivity contribution is -0.184. The third-order valence-corrected chi connectivity index (χ3v) is 6.82. The normalized spacial score (nSPS) is 16.2. The van der Waals surface area contributed by atoms with Crippen LogP contribution in [0, 0.1) is 0 Å². The van der Waals surface area contributed by atoms with Gasteiger partial charge in [-0.05, 0) is 30.2 Å². The minimum Gasteiger partial charge on any atom is -0.380 e. The quantitative estimate of drug-likeness (QED) is 0.497. The lowest BCUT2D eigenvalue weighted by Gasteiger charge is -2.36. The van der Waals surface area contributed by atoms with Crippen LogP contribution in [-0.2, 0) is 27.9 Å². The highest BCUT2D eigenvalue weighted by atomic mass is 35.5. The standard InChI is InChI=1S/C23H20ClF3N2O3S/c1-13(14-5-7-16(8-6-14)22(31)11-32-12-22)20(30)28-10-18-19(15-3-2-4-17(24)9-15)29-21(33-18)23(25,26)27/h2-9,13,31H,10-12H2,1H3,(H,28,30). The molecule has 0 aliphatic carbocycles. The fraction of sp³-hybridized carbons (Fsp3) is 0.304. The van der Waals surface area contributed by atoms with Crippen molar-refractivity contribution in [3.05, 3.63) is 74.6 Å². The summed E-state index contributed by atoms with van der Waals surface area (Å²) in [5, 5.41) is 12.4. The number of nitrogens with zero attached hydrogens (tertiary/aromatic N) is 1. The number of rotatable bonds is 6. The summed E-state index contributed by atoms with van der Waals surface area (Å²) in [5.74, 6) is -0.886. The third kappa shape index (κ3) is 5.06. The van der Waals surface area contributed by atoms with Crippen LogP contribution in [0.4, 0.5) is 13.2 Å². The number of nitrogens with one attached hydrogen (secondary N) is 1. The number of ether oxygens (including phenoxy) is 1. The predicted octanol–water partition coefficient (Wildman–Crippen LogP) is 5.12. The zero-order valence-corrected chi connectivity index (χ0v) is 19.0. The Bertz CT molecular complexity index is 1160. The second kappa shape index (κ2) is 9.06. The summed E-state index contributed by atoms with van der Waals surface area (Å²) in [5.41, 5.74) is 1.02. The second-order valence-corrected chi connectivity index (χ2v) is 9.40. The molecule has 1 saturated heterocycles. The number of amides is 1. The van der Waals surface area contributed by atoms with Gasteiger partial charge in [0.1, 0.15) is 5.60 Å². The zero-order valence-electron chi connectivity index (χ0n) is 17.4. The predicted molar refractivity (Wildman–Crippen MR) is 119 cm³/mol. The van der Waals surface area contributed by atoms with Crippen molar-refractivity contribution < 1.29 is 27.8 Å². The maximum absolute atomic E-state index is 13.3. The van der Waals surface area contributed by atoms with E-state index in [9.17, 15) is 23.1 Å². The van der Waals surface area contributed by atoms with Gasteiger partial charge in [0.2, 0.25) is 5.91 Å². The Morgan fingerprint density at radius 2 is 1.97 bits per heavy atom. The van der Waals surface area contributed by atoms with Gasteiger partial charge >= 0.3 is 6.18 Å². The molecular formula is C23H20ClF3N2O3S. The number of carbonyl (C=O) groups excluding carboxylic acids is 1. The molecule has 1 aliphatic heterocycles. The van der Waals surface area contributed by atoms with Crippen molar-refractivity contribution >= 4 is 28.8 Å².